The molecule has 1 N–H and O–H groups in total. The van der Waals surface area contributed by atoms with E-state index in [1.54, 1.807) is 0 Å². The highest BCUT2D eigenvalue weighted by Crippen LogP contribution is 2.15. The van der Waals surface area contributed by atoms with Crippen molar-refractivity contribution in [3.63, 3.8) is 0 Å². The molecule has 0 heterocycles. The topological polar surface area (TPSA) is 108 Å². The Balaban J connectivity index is 4.25. The lowest BCUT2D eigenvalue weighted by molar-refractivity contribution is -0.870. The van der Waals surface area contributed by atoms with E-state index in [9.17, 15) is 19.5 Å². The van der Waals surface area contributed by atoms with E-state index in [0.717, 1.165) is 103 Å². The molecule has 0 rings (SSSR count). The van der Waals surface area contributed by atoms with Gasteiger partial charge >= 0.3 is 17.9 Å². The van der Waals surface area contributed by atoms with E-state index >= 15 is 0 Å². The number of rotatable bonds is 55. The molecule has 0 aromatic heterocycles. The first-order valence-corrected chi connectivity index (χ1v) is 30.6. The van der Waals surface area contributed by atoms with E-state index in [1.807, 2.05) is 21.1 Å². The molecule has 0 radical (unpaired) electrons. The van der Waals surface area contributed by atoms with Crippen molar-refractivity contribution >= 4 is 17.9 Å². The fourth-order valence-electron chi connectivity index (χ4n) is 8.08. The Morgan fingerprint density at radius 1 is 0.408 bits per heavy atom. The minimum absolute atomic E-state index is 0.180. The maximum absolute atomic E-state index is 12.9. The summed E-state index contributed by atoms with van der Waals surface area (Å²) in [7, 11) is 5.96. The van der Waals surface area contributed by atoms with Gasteiger partial charge in [0.1, 0.15) is 13.2 Å². The second-order valence-corrected chi connectivity index (χ2v) is 21.3. The maximum Gasteiger partial charge on any atom is 0.361 e. The standard InChI is InChI=1S/C67H113NO8/c1-6-8-10-12-14-16-18-20-22-24-26-27-28-29-30-31-32-33-34-35-36-37-38-39-40-42-44-46-48-50-52-54-56-58-65(70)76-63(62-75-67(66(71)72)73-60-59-68(3,4)5)61-74-64(69)57-55-53-51-49-47-45-43-41-25-23-21-19-17-15-13-11-9-7-2/h8,10,14,16,20,22-23,25-27,29-30,32-33,35-36,38-39,63,67H,6-7,9,11-13,15,17-19,21,24,28,31,34,37,40-62H2,1-5H3/p+1/b10-8-,16-14-,22-20-,25-23-,27-26-,30-29-,33-32-,36-35-,39-38-. The van der Waals surface area contributed by atoms with Gasteiger partial charge in [-0.2, -0.15) is 0 Å². The molecule has 0 aromatic carbocycles. The van der Waals surface area contributed by atoms with Gasteiger partial charge in [-0.1, -0.05) is 232 Å². The van der Waals surface area contributed by atoms with E-state index in [2.05, 4.69) is 123 Å². The van der Waals surface area contributed by atoms with Gasteiger partial charge in [-0.25, -0.2) is 4.79 Å². The Bertz CT molecular complexity index is 1610. The molecule has 9 nitrogen and oxygen atoms in total. The van der Waals surface area contributed by atoms with E-state index in [4.69, 9.17) is 18.9 Å². The maximum atomic E-state index is 12.9. The van der Waals surface area contributed by atoms with E-state index in [-0.39, 0.29) is 32.2 Å². The normalized spacial score (nSPS) is 13.5. The van der Waals surface area contributed by atoms with E-state index < -0.39 is 24.3 Å². The van der Waals surface area contributed by atoms with Crippen molar-refractivity contribution in [2.24, 2.45) is 0 Å². The highest BCUT2D eigenvalue weighted by Gasteiger charge is 2.25. The number of aliphatic carboxylic acids is 1. The molecule has 0 spiro atoms. The minimum Gasteiger partial charge on any atom is -0.477 e. The highest BCUT2D eigenvalue weighted by atomic mass is 16.7. The second kappa shape index (κ2) is 57.1. The Labute approximate surface area is 466 Å². The van der Waals surface area contributed by atoms with Crippen LogP contribution in [0, 0.1) is 0 Å². The smallest absolute Gasteiger partial charge is 0.361 e. The van der Waals surface area contributed by atoms with Crippen molar-refractivity contribution in [3.8, 4) is 0 Å². The van der Waals surface area contributed by atoms with Crippen LogP contribution in [-0.2, 0) is 33.3 Å². The number of hydrogen-bond donors (Lipinski definition) is 1. The largest absolute Gasteiger partial charge is 0.477 e. The number of allylic oxidation sites excluding steroid dienone is 18. The molecule has 0 bridgehead atoms. The van der Waals surface area contributed by atoms with Crippen LogP contribution >= 0.6 is 0 Å². The molecule has 9 heteroatoms. The van der Waals surface area contributed by atoms with Crippen LogP contribution in [0.3, 0.4) is 0 Å². The summed E-state index contributed by atoms with van der Waals surface area (Å²) in [5, 5.41) is 9.71. The quantitative estimate of drug-likeness (QED) is 0.0211. The molecule has 0 aliphatic carbocycles. The summed E-state index contributed by atoms with van der Waals surface area (Å²) in [5.74, 6) is -2.03. The summed E-state index contributed by atoms with van der Waals surface area (Å²) in [6.45, 7) is 4.74. The Morgan fingerprint density at radius 3 is 1.13 bits per heavy atom. The molecule has 2 atom stereocenters. The molecule has 0 saturated heterocycles. The number of hydrogen-bond acceptors (Lipinski definition) is 7. The summed E-state index contributed by atoms with van der Waals surface area (Å²) >= 11 is 0. The summed E-state index contributed by atoms with van der Waals surface area (Å²) in [6, 6.07) is 0. The fraction of sp³-hybridized carbons (Fsp3) is 0.687. The third-order valence-corrected chi connectivity index (χ3v) is 12.8. The van der Waals surface area contributed by atoms with Crippen LogP contribution in [0.25, 0.3) is 0 Å². The fourth-order valence-corrected chi connectivity index (χ4v) is 8.08. The third-order valence-electron chi connectivity index (χ3n) is 12.8. The average Bonchev–Trinajstić information content (AvgIpc) is 3.39. The summed E-state index contributed by atoms with van der Waals surface area (Å²) < 4.78 is 22.9. The average molecular weight is 1060 g/mol. The molecule has 0 aromatic rings. The Kier molecular flexibility index (Phi) is 54.1. The molecule has 434 valence electrons. The van der Waals surface area contributed by atoms with Crippen LogP contribution in [0.1, 0.15) is 239 Å². The number of nitrogens with zero attached hydrogens (tertiary/aromatic N) is 1. The summed E-state index contributed by atoms with van der Waals surface area (Å²) in [4.78, 5) is 37.5. The van der Waals surface area contributed by atoms with Gasteiger partial charge in [0.05, 0.1) is 34.4 Å². The molecule has 2 unspecified atom stereocenters. The first-order chi connectivity index (χ1) is 37.1. The van der Waals surface area contributed by atoms with Crippen LogP contribution in [-0.4, -0.2) is 87.4 Å². The van der Waals surface area contributed by atoms with Crippen LogP contribution in [0.15, 0.2) is 109 Å². The number of quaternary nitrogens is 1. The van der Waals surface area contributed by atoms with Gasteiger partial charge in [0.25, 0.3) is 6.29 Å². The lowest BCUT2D eigenvalue weighted by atomic mass is 10.1. The van der Waals surface area contributed by atoms with Crippen molar-refractivity contribution in [2.45, 2.75) is 251 Å². The van der Waals surface area contributed by atoms with Gasteiger partial charge in [-0.3, -0.25) is 9.59 Å². The number of ether oxygens (including phenoxy) is 4. The van der Waals surface area contributed by atoms with Crippen molar-refractivity contribution < 1.29 is 42.9 Å². The van der Waals surface area contributed by atoms with E-state index in [0.29, 0.717) is 23.9 Å². The predicted molar refractivity (Wildman–Crippen MR) is 322 cm³/mol. The molecule has 0 amide bonds. The second-order valence-electron chi connectivity index (χ2n) is 21.3. The zero-order valence-electron chi connectivity index (χ0n) is 49.4. The third kappa shape index (κ3) is 57.7. The van der Waals surface area contributed by atoms with Gasteiger partial charge in [-0.05, 0) is 103 Å². The molecule has 0 saturated carbocycles. The van der Waals surface area contributed by atoms with Crippen LogP contribution in [0.2, 0.25) is 0 Å². The van der Waals surface area contributed by atoms with Crippen LogP contribution < -0.4 is 0 Å². The van der Waals surface area contributed by atoms with Crippen molar-refractivity contribution in [3.05, 3.63) is 109 Å². The van der Waals surface area contributed by atoms with Gasteiger partial charge in [-0.15, -0.1) is 0 Å². The summed E-state index contributed by atoms with van der Waals surface area (Å²) in [5.41, 5.74) is 0. The minimum atomic E-state index is -1.52. The number of carbonyl (C=O) groups excluding carboxylic acids is 2. The Hall–Kier alpha value is -4.05. The molecule has 0 fully saturated rings. The Morgan fingerprint density at radius 2 is 0.750 bits per heavy atom. The van der Waals surface area contributed by atoms with Crippen LogP contribution in [0.4, 0.5) is 0 Å². The van der Waals surface area contributed by atoms with Gasteiger partial charge < -0.3 is 28.5 Å². The lowest BCUT2D eigenvalue weighted by Gasteiger charge is -2.25. The summed E-state index contributed by atoms with van der Waals surface area (Å²) in [6.07, 6.45) is 75.9. The molecule has 0 aliphatic heterocycles. The van der Waals surface area contributed by atoms with Crippen molar-refractivity contribution in [2.75, 3.05) is 47.5 Å². The number of esters is 2. The van der Waals surface area contributed by atoms with Crippen molar-refractivity contribution in [1.29, 1.82) is 0 Å². The predicted octanol–water partition coefficient (Wildman–Crippen LogP) is 18.3. The molecule has 76 heavy (non-hydrogen) atoms. The zero-order valence-corrected chi connectivity index (χ0v) is 49.4. The van der Waals surface area contributed by atoms with Gasteiger partial charge in [0.15, 0.2) is 6.10 Å². The number of carboxylic acids is 1. The number of unbranched alkanes of at least 4 members (excludes halogenated alkanes) is 22. The van der Waals surface area contributed by atoms with Crippen LogP contribution in [0.5, 0.6) is 0 Å². The highest BCUT2D eigenvalue weighted by molar-refractivity contribution is 5.71. The van der Waals surface area contributed by atoms with Gasteiger partial charge in [0.2, 0.25) is 0 Å². The first-order valence-electron chi connectivity index (χ1n) is 30.6. The molecule has 0 aliphatic rings. The molecular formula is C67H114NO8+. The number of carboxylic acid groups (broad SMARTS) is 1. The number of carbonyl (C=O) groups is 3. The first kappa shape index (κ1) is 72.0. The monoisotopic (exact) mass is 1060 g/mol. The SMILES string of the molecule is CC/C=C\C/C=C\C/C=C\C/C=C\C/C=C\C/C=C\C/C=C\C/C=C\CCCCCCCCCCC(=O)OC(COC(=O)CCCCCCCCC/C=C\CCCCCCCCC)COC(OCC[N+](C)(C)C)C(=O)O. The van der Waals surface area contributed by atoms with Gasteiger partial charge in [0, 0.05) is 12.8 Å². The van der Waals surface area contributed by atoms with Crippen molar-refractivity contribution in [1.82, 2.24) is 0 Å². The molecular weight excluding hydrogens is 947 g/mol. The zero-order chi connectivity index (χ0) is 55.5. The lowest BCUT2D eigenvalue weighted by Crippen LogP contribution is -2.40. The van der Waals surface area contributed by atoms with E-state index in [1.165, 1.54) is 103 Å². The number of likely N-dealkylation sites (N-methyl/N-ethyl adjacent to an activating group) is 1.